The van der Waals surface area contributed by atoms with Gasteiger partial charge in [-0.1, -0.05) is 18.2 Å². The Bertz CT molecular complexity index is 1010. The van der Waals surface area contributed by atoms with Gasteiger partial charge in [-0.3, -0.25) is 4.79 Å². The third-order valence-corrected chi connectivity index (χ3v) is 5.07. The summed E-state index contributed by atoms with van der Waals surface area (Å²) in [7, 11) is 0. The Morgan fingerprint density at radius 1 is 0.862 bits per heavy atom. The third-order valence-electron chi connectivity index (χ3n) is 5.07. The average molecular weight is 389 g/mol. The first-order chi connectivity index (χ1) is 14.0. The van der Waals surface area contributed by atoms with Crippen molar-refractivity contribution in [1.82, 2.24) is 5.32 Å². The second-order valence-electron chi connectivity index (χ2n) is 8.01. The Kier molecular flexibility index (Phi) is 5.43. The van der Waals surface area contributed by atoms with Crippen LogP contribution in [0.2, 0.25) is 0 Å². The van der Waals surface area contributed by atoms with E-state index >= 15 is 0 Å². The number of ether oxygens (including phenoxy) is 2. The van der Waals surface area contributed by atoms with E-state index in [1.165, 1.54) is 0 Å². The molecule has 1 N–H and O–H groups in total. The van der Waals surface area contributed by atoms with Crippen LogP contribution in [-0.4, -0.2) is 12.0 Å². The standard InChI is InChI=1S/C25H27NO3/c1-16(2)28-22-10-12-23(13-11-22)29-24-9-8-20-14-19(6-7-21(20)15-24)17(3)26-25(27)18-4-5-18/h6-18H,4-5H2,1-3H3,(H,26,27). The van der Waals surface area contributed by atoms with Crippen molar-refractivity contribution in [2.45, 2.75) is 45.8 Å². The van der Waals surface area contributed by atoms with Gasteiger partial charge in [0.1, 0.15) is 17.2 Å². The molecule has 0 radical (unpaired) electrons. The summed E-state index contributed by atoms with van der Waals surface area (Å²) < 4.78 is 11.7. The van der Waals surface area contributed by atoms with Crippen LogP contribution in [0.15, 0.2) is 60.7 Å². The molecule has 4 heteroatoms. The van der Waals surface area contributed by atoms with Gasteiger partial charge < -0.3 is 14.8 Å². The van der Waals surface area contributed by atoms with Gasteiger partial charge in [-0.05, 0) is 92.4 Å². The molecular weight excluding hydrogens is 362 g/mol. The summed E-state index contributed by atoms with van der Waals surface area (Å²) in [5, 5.41) is 5.34. The lowest BCUT2D eigenvalue weighted by molar-refractivity contribution is -0.122. The third kappa shape index (κ3) is 4.89. The topological polar surface area (TPSA) is 47.6 Å². The van der Waals surface area contributed by atoms with E-state index in [2.05, 4.69) is 29.6 Å². The first kappa shape index (κ1) is 19.3. The molecule has 3 aromatic rings. The summed E-state index contributed by atoms with van der Waals surface area (Å²) in [4.78, 5) is 12.0. The minimum atomic E-state index is 0.00926. The highest BCUT2D eigenvalue weighted by Crippen LogP contribution is 2.31. The number of hydrogen-bond acceptors (Lipinski definition) is 3. The molecule has 1 aliphatic carbocycles. The van der Waals surface area contributed by atoms with E-state index in [0.29, 0.717) is 0 Å². The number of amides is 1. The molecule has 1 atom stereocenters. The monoisotopic (exact) mass is 389 g/mol. The highest BCUT2D eigenvalue weighted by atomic mass is 16.5. The highest BCUT2D eigenvalue weighted by molar-refractivity contribution is 5.85. The van der Waals surface area contributed by atoms with E-state index in [1.54, 1.807) is 0 Å². The molecule has 1 aliphatic rings. The van der Waals surface area contributed by atoms with Crippen LogP contribution in [0.25, 0.3) is 10.8 Å². The van der Waals surface area contributed by atoms with Crippen LogP contribution in [0.3, 0.4) is 0 Å². The summed E-state index contributed by atoms with van der Waals surface area (Å²) in [6.07, 6.45) is 2.19. The van der Waals surface area contributed by atoms with Crippen molar-refractivity contribution >= 4 is 16.7 Å². The molecule has 3 aromatic carbocycles. The summed E-state index contributed by atoms with van der Waals surface area (Å²) in [6.45, 7) is 6.05. The van der Waals surface area contributed by atoms with Crippen LogP contribution >= 0.6 is 0 Å². The number of fused-ring (bicyclic) bond motifs is 1. The molecule has 0 bridgehead atoms. The Hall–Kier alpha value is -3.01. The second-order valence-corrected chi connectivity index (χ2v) is 8.01. The van der Waals surface area contributed by atoms with Crippen molar-refractivity contribution < 1.29 is 14.3 Å². The molecule has 1 amide bonds. The van der Waals surface area contributed by atoms with E-state index in [1.807, 2.05) is 57.2 Å². The maximum Gasteiger partial charge on any atom is 0.223 e. The van der Waals surface area contributed by atoms with Gasteiger partial charge in [0.2, 0.25) is 5.91 Å². The predicted octanol–water partition coefficient (Wildman–Crippen LogP) is 6.01. The maximum atomic E-state index is 12.0. The molecule has 150 valence electrons. The van der Waals surface area contributed by atoms with Gasteiger partial charge in [-0.15, -0.1) is 0 Å². The summed E-state index contributed by atoms with van der Waals surface area (Å²) in [5.41, 5.74) is 1.11. The van der Waals surface area contributed by atoms with Crippen LogP contribution in [-0.2, 0) is 4.79 Å². The minimum absolute atomic E-state index is 0.00926. The van der Waals surface area contributed by atoms with Crippen LogP contribution in [0.1, 0.15) is 45.2 Å². The lowest BCUT2D eigenvalue weighted by Crippen LogP contribution is -2.27. The van der Waals surface area contributed by atoms with E-state index in [-0.39, 0.29) is 24.0 Å². The van der Waals surface area contributed by atoms with Gasteiger partial charge in [-0.2, -0.15) is 0 Å². The molecule has 4 nitrogen and oxygen atoms in total. The van der Waals surface area contributed by atoms with Crippen molar-refractivity contribution in [1.29, 1.82) is 0 Å². The summed E-state index contributed by atoms with van der Waals surface area (Å²) in [6, 6.07) is 20.0. The van der Waals surface area contributed by atoms with Gasteiger partial charge in [0.05, 0.1) is 12.1 Å². The lowest BCUT2D eigenvalue weighted by Gasteiger charge is -2.15. The summed E-state index contributed by atoms with van der Waals surface area (Å²) >= 11 is 0. The van der Waals surface area contributed by atoms with Gasteiger partial charge in [0, 0.05) is 5.92 Å². The lowest BCUT2D eigenvalue weighted by atomic mass is 10.0. The second kappa shape index (κ2) is 8.16. The zero-order valence-corrected chi connectivity index (χ0v) is 17.1. The first-order valence-electron chi connectivity index (χ1n) is 10.3. The fourth-order valence-electron chi connectivity index (χ4n) is 3.33. The molecule has 0 heterocycles. The van der Waals surface area contributed by atoms with Crippen LogP contribution in [0.5, 0.6) is 17.2 Å². The average Bonchev–Trinajstić information content (AvgIpc) is 3.54. The number of carbonyl (C=O) groups excluding carboxylic acids is 1. The van der Waals surface area contributed by atoms with E-state index in [0.717, 1.165) is 46.4 Å². The van der Waals surface area contributed by atoms with Crippen molar-refractivity contribution in [2.75, 3.05) is 0 Å². The Morgan fingerprint density at radius 2 is 1.48 bits per heavy atom. The van der Waals surface area contributed by atoms with E-state index in [4.69, 9.17) is 9.47 Å². The smallest absolute Gasteiger partial charge is 0.223 e. The number of rotatable bonds is 7. The molecule has 4 rings (SSSR count). The van der Waals surface area contributed by atoms with Crippen LogP contribution in [0.4, 0.5) is 0 Å². The van der Waals surface area contributed by atoms with Crippen molar-refractivity contribution in [3.05, 3.63) is 66.2 Å². The molecule has 0 saturated heterocycles. The van der Waals surface area contributed by atoms with Gasteiger partial charge in [0.15, 0.2) is 0 Å². The number of hydrogen-bond donors (Lipinski definition) is 1. The quantitative estimate of drug-likeness (QED) is 0.538. The number of nitrogens with one attached hydrogen (secondary N) is 1. The zero-order chi connectivity index (χ0) is 20.4. The predicted molar refractivity (Wildman–Crippen MR) is 116 cm³/mol. The van der Waals surface area contributed by atoms with Crippen molar-refractivity contribution in [3.63, 3.8) is 0 Å². The zero-order valence-electron chi connectivity index (χ0n) is 17.1. The van der Waals surface area contributed by atoms with Crippen LogP contribution < -0.4 is 14.8 Å². The molecule has 1 unspecified atom stereocenters. The Balaban J connectivity index is 1.45. The molecular formula is C25H27NO3. The summed E-state index contributed by atoms with van der Waals surface area (Å²) in [5.74, 6) is 2.79. The molecule has 0 aromatic heterocycles. The minimum Gasteiger partial charge on any atom is -0.491 e. The first-order valence-corrected chi connectivity index (χ1v) is 10.3. The van der Waals surface area contributed by atoms with Gasteiger partial charge >= 0.3 is 0 Å². The molecule has 1 fully saturated rings. The Labute approximate surface area is 171 Å². The molecule has 0 spiro atoms. The normalized spacial score (nSPS) is 14.6. The highest BCUT2D eigenvalue weighted by Gasteiger charge is 2.30. The van der Waals surface area contributed by atoms with Gasteiger partial charge in [-0.25, -0.2) is 0 Å². The maximum absolute atomic E-state index is 12.0. The molecule has 1 saturated carbocycles. The van der Waals surface area contributed by atoms with Crippen LogP contribution in [0, 0.1) is 5.92 Å². The Morgan fingerprint density at radius 3 is 2.17 bits per heavy atom. The van der Waals surface area contributed by atoms with E-state index < -0.39 is 0 Å². The van der Waals surface area contributed by atoms with Crippen molar-refractivity contribution in [3.8, 4) is 17.2 Å². The van der Waals surface area contributed by atoms with E-state index in [9.17, 15) is 4.79 Å². The molecule has 29 heavy (non-hydrogen) atoms. The fraction of sp³-hybridized carbons (Fsp3) is 0.320. The SMILES string of the molecule is CC(C)Oc1ccc(Oc2ccc3cc(C(C)NC(=O)C4CC4)ccc3c2)cc1. The molecule has 0 aliphatic heterocycles. The number of carbonyl (C=O) groups is 1. The fourth-order valence-corrected chi connectivity index (χ4v) is 3.33. The number of benzene rings is 3. The van der Waals surface area contributed by atoms with Crippen molar-refractivity contribution in [2.24, 2.45) is 5.92 Å². The largest absolute Gasteiger partial charge is 0.491 e. The van der Waals surface area contributed by atoms with Gasteiger partial charge in [0.25, 0.3) is 0 Å².